The normalized spacial score (nSPS) is 30.0. The fourth-order valence-electron chi connectivity index (χ4n) is 2.36. The Hall–Kier alpha value is -0.0400. The Bertz CT molecular complexity index is 151. The second-order valence-corrected chi connectivity index (χ2v) is 5.43. The molecule has 78 valence electrons. The molecule has 1 saturated carbocycles. The first-order chi connectivity index (χ1) is 6.03. The molecule has 0 aliphatic heterocycles. The summed E-state index contributed by atoms with van der Waals surface area (Å²) in [4.78, 5) is 0. The van der Waals surface area contributed by atoms with E-state index in [2.05, 4.69) is 33.0 Å². The fourth-order valence-corrected chi connectivity index (χ4v) is 2.36. The van der Waals surface area contributed by atoms with Crippen LogP contribution in [0.25, 0.3) is 0 Å². The summed E-state index contributed by atoms with van der Waals surface area (Å²) in [5.41, 5.74) is 0.573. The SMILES string of the molecule is CC[C@@H](C)N[C@@H]1CCCC(C)(C)C1. The summed E-state index contributed by atoms with van der Waals surface area (Å²) in [7, 11) is 0. The molecule has 0 aromatic rings. The number of hydrogen-bond acceptors (Lipinski definition) is 1. The minimum Gasteiger partial charge on any atom is -0.311 e. The molecule has 1 aliphatic carbocycles. The molecule has 0 unspecified atom stereocenters. The quantitative estimate of drug-likeness (QED) is 0.707. The van der Waals surface area contributed by atoms with Crippen molar-refractivity contribution in [2.24, 2.45) is 5.41 Å². The summed E-state index contributed by atoms with van der Waals surface area (Å²) in [6.07, 6.45) is 6.80. The van der Waals surface area contributed by atoms with Gasteiger partial charge in [0.2, 0.25) is 0 Å². The first-order valence-electron chi connectivity index (χ1n) is 5.79. The van der Waals surface area contributed by atoms with E-state index in [0.717, 1.165) is 6.04 Å². The Balaban J connectivity index is 2.34. The average Bonchev–Trinajstić information content (AvgIpc) is 2.02. The van der Waals surface area contributed by atoms with E-state index in [1.807, 2.05) is 0 Å². The molecule has 1 aliphatic rings. The zero-order valence-electron chi connectivity index (χ0n) is 9.69. The highest BCUT2D eigenvalue weighted by atomic mass is 14.9. The monoisotopic (exact) mass is 183 g/mol. The van der Waals surface area contributed by atoms with Crippen molar-refractivity contribution in [3.05, 3.63) is 0 Å². The van der Waals surface area contributed by atoms with Gasteiger partial charge in [-0.2, -0.15) is 0 Å². The summed E-state index contributed by atoms with van der Waals surface area (Å²) < 4.78 is 0. The number of hydrogen-bond donors (Lipinski definition) is 1. The molecular weight excluding hydrogens is 158 g/mol. The molecule has 1 heteroatoms. The molecule has 0 radical (unpaired) electrons. The van der Waals surface area contributed by atoms with E-state index < -0.39 is 0 Å². The fraction of sp³-hybridized carbons (Fsp3) is 1.00. The molecule has 0 saturated heterocycles. The van der Waals surface area contributed by atoms with Crippen LogP contribution in [0.1, 0.15) is 59.8 Å². The predicted molar refractivity (Wildman–Crippen MR) is 58.9 cm³/mol. The summed E-state index contributed by atoms with van der Waals surface area (Å²) in [5.74, 6) is 0. The van der Waals surface area contributed by atoms with Gasteiger partial charge in [0.1, 0.15) is 0 Å². The molecule has 2 atom stereocenters. The highest BCUT2D eigenvalue weighted by Crippen LogP contribution is 2.35. The molecule has 13 heavy (non-hydrogen) atoms. The van der Waals surface area contributed by atoms with Crippen molar-refractivity contribution in [1.29, 1.82) is 0 Å². The highest BCUT2D eigenvalue weighted by molar-refractivity contribution is 4.84. The maximum Gasteiger partial charge on any atom is 0.00746 e. The second kappa shape index (κ2) is 4.45. The van der Waals surface area contributed by atoms with Crippen LogP contribution in [0.4, 0.5) is 0 Å². The lowest BCUT2D eigenvalue weighted by atomic mass is 9.75. The van der Waals surface area contributed by atoms with Crippen LogP contribution in [-0.4, -0.2) is 12.1 Å². The molecule has 0 heterocycles. The van der Waals surface area contributed by atoms with E-state index in [9.17, 15) is 0 Å². The lowest BCUT2D eigenvalue weighted by Crippen LogP contribution is -2.41. The van der Waals surface area contributed by atoms with Gasteiger partial charge in [-0.1, -0.05) is 27.2 Å². The minimum atomic E-state index is 0.573. The maximum absolute atomic E-state index is 3.72. The number of nitrogens with one attached hydrogen (secondary N) is 1. The third kappa shape index (κ3) is 3.68. The third-order valence-electron chi connectivity index (χ3n) is 3.34. The summed E-state index contributed by atoms with van der Waals surface area (Å²) in [6.45, 7) is 9.35. The zero-order chi connectivity index (χ0) is 9.90. The molecule has 0 bridgehead atoms. The molecule has 0 aromatic carbocycles. The van der Waals surface area contributed by atoms with E-state index >= 15 is 0 Å². The predicted octanol–water partition coefficient (Wildman–Crippen LogP) is 3.34. The molecule has 0 aromatic heterocycles. The van der Waals surface area contributed by atoms with Crippen molar-refractivity contribution in [2.75, 3.05) is 0 Å². The van der Waals surface area contributed by atoms with Crippen molar-refractivity contribution in [3.63, 3.8) is 0 Å². The van der Waals surface area contributed by atoms with Gasteiger partial charge in [0.05, 0.1) is 0 Å². The number of rotatable bonds is 3. The van der Waals surface area contributed by atoms with E-state index in [1.54, 1.807) is 0 Å². The molecule has 1 rings (SSSR count). The Morgan fingerprint density at radius 2 is 2.15 bits per heavy atom. The van der Waals surface area contributed by atoms with Gasteiger partial charge in [-0.25, -0.2) is 0 Å². The van der Waals surface area contributed by atoms with E-state index in [-0.39, 0.29) is 0 Å². The van der Waals surface area contributed by atoms with E-state index in [0.29, 0.717) is 11.5 Å². The Labute approximate surface area is 83.3 Å². The van der Waals surface area contributed by atoms with Crippen molar-refractivity contribution >= 4 is 0 Å². The smallest absolute Gasteiger partial charge is 0.00746 e. The topological polar surface area (TPSA) is 12.0 Å². The van der Waals surface area contributed by atoms with Crippen molar-refractivity contribution in [2.45, 2.75) is 71.9 Å². The van der Waals surface area contributed by atoms with Crippen molar-refractivity contribution in [3.8, 4) is 0 Å². The van der Waals surface area contributed by atoms with E-state index in [1.165, 1.54) is 32.1 Å². The van der Waals surface area contributed by atoms with Crippen LogP contribution in [0.3, 0.4) is 0 Å². The maximum atomic E-state index is 3.72. The zero-order valence-corrected chi connectivity index (χ0v) is 9.69. The Kier molecular flexibility index (Phi) is 3.78. The Morgan fingerprint density at radius 3 is 2.69 bits per heavy atom. The lowest BCUT2D eigenvalue weighted by molar-refractivity contribution is 0.190. The molecular formula is C12H25N. The average molecular weight is 183 g/mol. The summed E-state index contributed by atoms with van der Waals surface area (Å²) in [6, 6.07) is 1.47. The second-order valence-electron chi connectivity index (χ2n) is 5.43. The van der Waals surface area contributed by atoms with Gasteiger partial charge < -0.3 is 5.32 Å². The van der Waals surface area contributed by atoms with Gasteiger partial charge in [-0.15, -0.1) is 0 Å². The van der Waals surface area contributed by atoms with Crippen LogP contribution in [0.2, 0.25) is 0 Å². The standard InChI is InChI=1S/C12H25N/c1-5-10(2)13-11-7-6-8-12(3,4)9-11/h10-11,13H,5-9H2,1-4H3/t10-,11-/m1/s1. The van der Waals surface area contributed by atoms with Crippen molar-refractivity contribution < 1.29 is 0 Å². The molecule has 0 amide bonds. The van der Waals surface area contributed by atoms with Gasteiger partial charge in [0, 0.05) is 12.1 Å². The largest absolute Gasteiger partial charge is 0.311 e. The third-order valence-corrected chi connectivity index (χ3v) is 3.34. The van der Waals surface area contributed by atoms with Crippen LogP contribution in [0.15, 0.2) is 0 Å². The van der Waals surface area contributed by atoms with E-state index in [4.69, 9.17) is 0 Å². The van der Waals surface area contributed by atoms with Crippen LogP contribution in [0.5, 0.6) is 0 Å². The molecule has 1 N–H and O–H groups in total. The van der Waals surface area contributed by atoms with Crippen molar-refractivity contribution in [1.82, 2.24) is 5.32 Å². The van der Waals surface area contributed by atoms with Gasteiger partial charge in [0.15, 0.2) is 0 Å². The van der Waals surface area contributed by atoms with Gasteiger partial charge in [-0.05, 0) is 38.0 Å². The molecule has 0 spiro atoms. The minimum absolute atomic E-state index is 0.573. The molecule has 1 fully saturated rings. The van der Waals surface area contributed by atoms with Gasteiger partial charge in [0.25, 0.3) is 0 Å². The Morgan fingerprint density at radius 1 is 1.46 bits per heavy atom. The van der Waals surface area contributed by atoms with Crippen LogP contribution >= 0.6 is 0 Å². The lowest BCUT2D eigenvalue weighted by Gasteiger charge is -2.36. The van der Waals surface area contributed by atoms with Crippen LogP contribution < -0.4 is 5.32 Å². The first-order valence-corrected chi connectivity index (χ1v) is 5.79. The van der Waals surface area contributed by atoms with Crippen LogP contribution in [0, 0.1) is 5.41 Å². The van der Waals surface area contributed by atoms with Gasteiger partial charge >= 0.3 is 0 Å². The van der Waals surface area contributed by atoms with Gasteiger partial charge in [-0.3, -0.25) is 0 Å². The van der Waals surface area contributed by atoms with Crippen LogP contribution in [-0.2, 0) is 0 Å². The molecule has 1 nitrogen and oxygen atoms in total. The summed E-state index contributed by atoms with van der Waals surface area (Å²) in [5, 5.41) is 3.72. The summed E-state index contributed by atoms with van der Waals surface area (Å²) >= 11 is 0. The first kappa shape index (κ1) is 11.0. The highest BCUT2D eigenvalue weighted by Gasteiger charge is 2.27.